The number of thiazole rings is 1. The molecule has 0 bridgehead atoms. The minimum absolute atomic E-state index is 0.497. The summed E-state index contributed by atoms with van der Waals surface area (Å²) in [7, 11) is 0. The summed E-state index contributed by atoms with van der Waals surface area (Å²) in [6.07, 6.45) is -0.528. The SMILES string of the molecule is O=C(Nc1ccc(Nc2nc(-c3ccccc3)cs2)cc1)Oc1ccccc1. The lowest BCUT2D eigenvalue weighted by Gasteiger charge is -2.08. The van der Waals surface area contributed by atoms with E-state index in [4.69, 9.17) is 4.74 Å². The van der Waals surface area contributed by atoms with E-state index in [1.165, 1.54) is 0 Å². The molecule has 6 heteroatoms. The number of amides is 1. The summed E-state index contributed by atoms with van der Waals surface area (Å²) < 4.78 is 5.21. The molecule has 1 amide bonds. The van der Waals surface area contributed by atoms with E-state index in [1.807, 2.05) is 66.0 Å². The average molecular weight is 387 g/mol. The molecule has 1 heterocycles. The van der Waals surface area contributed by atoms with Crippen molar-refractivity contribution < 1.29 is 9.53 Å². The van der Waals surface area contributed by atoms with Crippen LogP contribution in [0.5, 0.6) is 5.75 Å². The van der Waals surface area contributed by atoms with Gasteiger partial charge in [0.05, 0.1) is 5.69 Å². The van der Waals surface area contributed by atoms with Gasteiger partial charge < -0.3 is 10.1 Å². The third-order valence-corrected chi connectivity index (χ3v) is 4.67. The fraction of sp³-hybridized carbons (Fsp3) is 0. The molecule has 28 heavy (non-hydrogen) atoms. The highest BCUT2D eigenvalue weighted by atomic mass is 32.1. The highest BCUT2D eigenvalue weighted by molar-refractivity contribution is 7.14. The van der Waals surface area contributed by atoms with E-state index in [9.17, 15) is 4.79 Å². The van der Waals surface area contributed by atoms with Gasteiger partial charge in [0.2, 0.25) is 0 Å². The number of rotatable bonds is 5. The first-order valence-corrected chi connectivity index (χ1v) is 9.56. The summed E-state index contributed by atoms with van der Waals surface area (Å²) in [6.45, 7) is 0. The monoisotopic (exact) mass is 387 g/mol. The van der Waals surface area contributed by atoms with Crippen LogP contribution in [0, 0.1) is 0 Å². The molecule has 0 aliphatic carbocycles. The van der Waals surface area contributed by atoms with Gasteiger partial charge in [-0.05, 0) is 36.4 Å². The van der Waals surface area contributed by atoms with Crippen LogP contribution < -0.4 is 15.4 Å². The molecular formula is C22H17N3O2S. The minimum Gasteiger partial charge on any atom is -0.410 e. The first-order valence-electron chi connectivity index (χ1n) is 8.68. The highest BCUT2D eigenvalue weighted by Gasteiger charge is 2.07. The molecule has 3 aromatic carbocycles. The normalized spacial score (nSPS) is 10.3. The van der Waals surface area contributed by atoms with Gasteiger partial charge in [-0.15, -0.1) is 11.3 Å². The molecule has 4 rings (SSSR count). The van der Waals surface area contributed by atoms with E-state index in [-0.39, 0.29) is 0 Å². The second kappa shape index (κ2) is 8.37. The number of nitrogens with zero attached hydrogens (tertiary/aromatic N) is 1. The van der Waals surface area contributed by atoms with Gasteiger partial charge in [0.15, 0.2) is 5.13 Å². The molecule has 0 radical (unpaired) electrons. The Bertz CT molecular complexity index is 1050. The third kappa shape index (κ3) is 4.55. The number of hydrogen-bond acceptors (Lipinski definition) is 5. The summed E-state index contributed by atoms with van der Waals surface area (Å²) in [5, 5.41) is 8.81. The Morgan fingerprint density at radius 1 is 0.821 bits per heavy atom. The van der Waals surface area contributed by atoms with Crippen LogP contribution in [0.25, 0.3) is 11.3 Å². The molecule has 0 unspecified atom stereocenters. The maximum absolute atomic E-state index is 11.9. The molecule has 0 aliphatic heterocycles. The van der Waals surface area contributed by atoms with Gasteiger partial charge >= 0.3 is 6.09 Å². The summed E-state index contributed by atoms with van der Waals surface area (Å²) in [6, 6.07) is 26.4. The van der Waals surface area contributed by atoms with Gasteiger partial charge in [-0.1, -0.05) is 48.5 Å². The molecule has 0 spiro atoms. The Morgan fingerprint density at radius 3 is 2.18 bits per heavy atom. The van der Waals surface area contributed by atoms with Gasteiger partial charge in [0.25, 0.3) is 0 Å². The van der Waals surface area contributed by atoms with Crippen LogP contribution in [0.3, 0.4) is 0 Å². The quantitative estimate of drug-likeness (QED) is 0.430. The zero-order chi connectivity index (χ0) is 19.2. The van der Waals surface area contributed by atoms with Crippen LogP contribution in [-0.4, -0.2) is 11.1 Å². The van der Waals surface area contributed by atoms with Gasteiger partial charge in [0.1, 0.15) is 5.75 Å². The van der Waals surface area contributed by atoms with E-state index >= 15 is 0 Å². The zero-order valence-corrected chi connectivity index (χ0v) is 15.6. The first-order chi connectivity index (χ1) is 13.8. The predicted octanol–water partition coefficient (Wildman–Crippen LogP) is 6.16. The molecule has 1 aromatic heterocycles. The Hall–Kier alpha value is -3.64. The summed E-state index contributed by atoms with van der Waals surface area (Å²) in [5.74, 6) is 0.497. The lowest BCUT2D eigenvalue weighted by molar-refractivity contribution is 0.215. The van der Waals surface area contributed by atoms with Crippen molar-refractivity contribution in [1.29, 1.82) is 0 Å². The van der Waals surface area contributed by atoms with Crippen molar-refractivity contribution in [3.05, 3.63) is 90.3 Å². The molecule has 5 nitrogen and oxygen atoms in total. The lowest BCUT2D eigenvalue weighted by Crippen LogP contribution is -2.16. The number of hydrogen-bond donors (Lipinski definition) is 2. The molecule has 0 atom stereocenters. The predicted molar refractivity (Wildman–Crippen MR) is 113 cm³/mol. The molecule has 0 fully saturated rings. The second-order valence-electron chi connectivity index (χ2n) is 5.93. The van der Waals surface area contributed by atoms with Crippen LogP contribution in [-0.2, 0) is 0 Å². The second-order valence-corrected chi connectivity index (χ2v) is 6.79. The van der Waals surface area contributed by atoms with Crippen molar-refractivity contribution in [2.24, 2.45) is 0 Å². The number of carbonyl (C=O) groups excluding carboxylic acids is 1. The number of para-hydroxylation sites is 1. The summed E-state index contributed by atoms with van der Waals surface area (Å²) >= 11 is 1.54. The molecule has 0 aliphatic rings. The average Bonchev–Trinajstić information content (AvgIpc) is 3.19. The van der Waals surface area contributed by atoms with E-state index < -0.39 is 6.09 Å². The number of ether oxygens (including phenoxy) is 1. The first kappa shape index (κ1) is 17.8. The van der Waals surface area contributed by atoms with Crippen LogP contribution >= 0.6 is 11.3 Å². The number of aromatic nitrogens is 1. The molecule has 0 saturated heterocycles. The summed E-state index contributed by atoms with van der Waals surface area (Å²) in [4.78, 5) is 16.5. The van der Waals surface area contributed by atoms with E-state index in [0.29, 0.717) is 11.4 Å². The van der Waals surface area contributed by atoms with E-state index in [1.54, 1.807) is 35.6 Å². The number of anilines is 3. The van der Waals surface area contributed by atoms with Gasteiger partial charge in [0, 0.05) is 22.3 Å². The van der Waals surface area contributed by atoms with E-state index in [0.717, 1.165) is 22.1 Å². The Labute approximate surface area is 166 Å². The standard InChI is InChI=1S/C22H17N3O2S/c26-22(27-19-9-5-2-6-10-19)24-18-13-11-17(12-14-18)23-21-25-20(15-28-21)16-7-3-1-4-8-16/h1-15H,(H,23,25)(H,24,26). The van der Waals surface area contributed by atoms with Crippen molar-refractivity contribution in [3.63, 3.8) is 0 Å². The maximum Gasteiger partial charge on any atom is 0.417 e. The highest BCUT2D eigenvalue weighted by Crippen LogP contribution is 2.27. The van der Waals surface area contributed by atoms with Crippen LogP contribution in [0.15, 0.2) is 90.3 Å². The van der Waals surface area contributed by atoms with Gasteiger partial charge in [-0.25, -0.2) is 9.78 Å². The van der Waals surface area contributed by atoms with Crippen molar-refractivity contribution >= 4 is 33.9 Å². The fourth-order valence-electron chi connectivity index (χ4n) is 2.57. The number of nitrogens with one attached hydrogen (secondary N) is 2. The number of benzene rings is 3. The minimum atomic E-state index is -0.528. The van der Waals surface area contributed by atoms with Crippen molar-refractivity contribution in [1.82, 2.24) is 4.98 Å². The van der Waals surface area contributed by atoms with Crippen LogP contribution in [0.2, 0.25) is 0 Å². The van der Waals surface area contributed by atoms with Crippen molar-refractivity contribution in [2.45, 2.75) is 0 Å². The van der Waals surface area contributed by atoms with Crippen LogP contribution in [0.1, 0.15) is 0 Å². The molecular weight excluding hydrogens is 370 g/mol. The Balaban J connectivity index is 1.36. The smallest absolute Gasteiger partial charge is 0.410 e. The van der Waals surface area contributed by atoms with Crippen molar-refractivity contribution in [3.8, 4) is 17.0 Å². The Kier molecular flexibility index (Phi) is 5.31. The summed E-state index contributed by atoms with van der Waals surface area (Å²) in [5.41, 5.74) is 3.56. The lowest BCUT2D eigenvalue weighted by atomic mass is 10.2. The van der Waals surface area contributed by atoms with Gasteiger partial charge in [-0.2, -0.15) is 0 Å². The van der Waals surface area contributed by atoms with Crippen LogP contribution in [0.4, 0.5) is 21.3 Å². The van der Waals surface area contributed by atoms with E-state index in [2.05, 4.69) is 15.6 Å². The maximum atomic E-state index is 11.9. The molecule has 4 aromatic rings. The van der Waals surface area contributed by atoms with Crippen molar-refractivity contribution in [2.75, 3.05) is 10.6 Å². The molecule has 2 N–H and O–H groups in total. The topological polar surface area (TPSA) is 63.2 Å². The Morgan fingerprint density at radius 2 is 1.46 bits per heavy atom. The largest absolute Gasteiger partial charge is 0.417 e. The zero-order valence-electron chi connectivity index (χ0n) is 14.8. The fourth-order valence-corrected chi connectivity index (χ4v) is 3.31. The molecule has 138 valence electrons. The third-order valence-electron chi connectivity index (χ3n) is 3.91. The van der Waals surface area contributed by atoms with Gasteiger partial charge in [-0.3, -0.25) is 5.32 Å². The molecule has 0 saturated carbocycles. The number of carbonyl (C=O) groups is 1.